The zero-order valence-electron chi connectivity index (χ0n) is 29.8. The first-order chi connectivity index (χ1) is 27.2. The summed E-state index contributed by atoms with van der Waals surface area (Å²) in [6.07, 6.45) is 0. The Morgan fingerprint density at radius 2 is 0.709 bits per heavy atom. The summed E-state index contributed by atoms with van der Waals surface area (Å²) in [6, 6.07) is 69.3. The van der Waals surface area contributed by atoms with E-state index in [9.17, 15) is 0 Å². The van der Waals surface area contributed by atoms with Gasteiger partial charge >= 0.3 is 0 Å². The van der Waals surface area contributed by atoms with E-state index in [1.165, 1.54) is 0 Å². The molecule has 0 saturated heterocycles. The number of furan rings is 1. The van der Waals surface area contributed by atoms with Gasteiger partial charge in [-0.25, -0.2) is 15.0 Å². The number of fused-ring (bicyclic) bond motifs is 3. The van der Waals surface area contributed by atoms with E-state index in [1.807, 2.05) is 48.5 Å². The van der Waals surface area contributed by atoms with Crippen molar-refractivity contribution in [3.8, 4) is 78.7 Å². The van der Waals surface area contributed by atoms with Crippen LogP contribution in [0.5, 0.6) is 0 Å². The lowest BCUT2D eigenvalue weighted by atomic mass is 9.92. The number of nitrogens with zero attached hydrogens (tertiary/aromatic N) is 3. The highest BCUT2D eigenvalue weighted by Crippen LogP contribution is 2.42. The molecule has 0 N–H and O–H groups in total. The van der Waals surface area contributed by atoms with Crippen LogP contribution in [-0.2, 0) is 0 Å². The standard InChI is InChI=1S/C51H33N3O/c1-5-15-34(16-6-1)37-27-29-39(30-28-37)50-52-49(38-21-11-4-12-22-38)53-51(54-50)45-25-14-26-46-47(45)44-24-13-23-43(48(44)55-46)42-32-40(35-17-7-2-8-18-35)31-41(33-42)36-19-9-3-10-20-36/h1-33H. The van der Waals surface area contributed by atoms with Crippen molar-refractivity contribution in [3.63, 3.8) is 0 Å². The molecular formula is C51H33N3O. The molecule has 55 heavy (non-hydrogen) atoms. The average molecular weight is 704 g/mol. The molecule has 0 aliphatic heterocycles. The van der Waals surface area contributed by atoms with Crippen molar-refractivity contribution in [2.45, 2.75) is 0 Å². The SMILES string of the molecule is c1ccc(-c2ccc(-c3nc(-c4ccccc4)nc(-c4cccc5oc6c(-c7cc(-c8ccccc8)cc(-c8ccccc8)c7)cccc6c45)n3)cc2)cc1. The molecule has 0 saturated carbocycles. The normalized spacial score (nSPS) is 11.3. The van der Waals surface area contributed by atoms with Crippen LogP contribution in [0, 0.1) is 0 Å². The minimum atomic E-state index is 0.590. The van der Waals surface area contributed by atoms with E-state index in [0.717, 1.165) is 83.1 Å². The number of aromatic nitrogens is 3. The second kappa shape index (κ2) is 13.8. The molecule has 0 atom stereocenters. The molecule has 0 bridgehead atoms. The molecule has 0 amide bonds. The van der Waals surface area contributed by atoms with Gasteiger partial charge in [-0.1, -0.05) is 176 Å². The van der Waals surface area contributed by atoms with E-state index in [2.05, 4.69) is 152 Å². The second-order valence-electron chi connectivity index (χ2n) is 13.6. The van der Waals surface area contributed by atoms with E-state index in [1.54, 1.807) is 0 Å². The summed E-state index contributed by atoms with van der Waals surface area (Å²) in [7, 11) is 0. The molecule has 0 spiro atoms. The van der Waals surface area contributed by atoms with Crippen LogP contribution in [0.15, 0.2) is 205 Å². The Labute approximate surface area is 319 Å². The Morgan fingerprint density at radius 3 is 1.29 bits per heavy atom. The first-order valence-corrected chi connectivity index (χ1v) is 18.4. The fraction of sp³-hybridized carbons (Fsp3) is 0. The lowest BCUT2D eigenvalue weighted by Crippen LogP contribution is -2.00. The number of rotatable bonds is 7. The van der Waals surface area contributed by atoms with Crippen LogP contribution in [0.2, 0.25) is 0 Å². The third-order valence-corrected chi connectivity index (χ3v) is 10.1. The van der Waals surface area contributed by atoms with E-state index in [0.29, 0.717) is 17.5 Å². The molecule has 0 unspecified atom stereocenters. The van der Waals surface area contributed by atoms with Crippen molar-refractivity contribution < 1.29 is 4.42 Å². The summed E-state index contributed by atoms with van der Waals surface area (Å²) in [6.45, 7) is 0. The Bertz CT molecular complexity index is 2880. The molecule has 0 radical (unpaired) electrons. The summed E-state index contributed by atoms with van der Waals surface area (Å²) in [5.74, 6) is 1.82. The fourth-order valence-corrected chi connectivity index (χ4v) is 7.42. The smallest absolute Gasteiger partial charge is 0.164 e. The van der Waals surface area contributed by atoms with Crippen LogP contribution in [0.1, 0.15) is 0 Å². The molecular weight excluding hydrogens is 671 g/mol. The average Bonchev–Trinajstić information content (AvgIpc) is 3.67. The van der Waals surface area contributed by atoms with E-state index in [-0.39, 0.29) is 0 Å². The van der Waals surface area contributed by atoms with E-state index in [4.69, 9.17) is 19.4 Å². The Hall–Kier alpha value is -7.43. The van der Waals surface area contributed by atoms with Crippen LogP contribution in [0.3, 0.4) is 0 Å². The highest BCUT2D eigenvalue weighted by molar-refractivity contribution is 6.15. The lowest BCUT2D eigenvalue weighted by Gasteiger charge is -2.12. The molecule has 10 aromatic rings. The third-order valence-electron chi connectivity index (χ3n) is 10.1. The quantitative estimate of drug-likeness (QED) is 0.166. The molecule has 258 valence electrons. The van der Waals surface area contributed by atoms with Crippen molar-refractivity contribution in [2.24, 2.45) is 0 Å². The van der Waals surface area contributed by atoms with Gasteiger partial charge < -0.3 is 4.42 Å². The third kappa shape index (κ3) is 6.16. The Kier molecular flexibility index (Phi) is 8.12. The Morgan fingerprint density at radius 1 is 0.291 bits per heavy atom. The van der Waals surface area contributed by atoms with Gasteiger partial charge in [-0.15, -0.1) is 0 Å². The Balaban J connectivity index is 1.15. The summed E-state index contributed by atoms with van der Waals surface area (Å²) >= 11 is 0. The molecule has 0 aliphatic carbocycles. The molecule has 2 heterocycles. The van der Waals surface area contributed by atoms with Crippen LogP contribution in [0.4, 0.5) is 0 Å². The first kappa shape index (κ1) is 32.2. The summed E-state index contributed by atoms with van der Waals surface area (Å²) < 4.78 is 6.81. The molecule has 2 aromatic heterocycles. The highest BCUT2D eigenvalue weighted by atomic mass is 16.3. The number of benzene rings is 8. The highest BCUT2D eigenvalue weighted by Gasteiger charge is 2.20. The topological polar surface area (TPSA) is 51.8 Å². The van der Waals surface area contributed by atoms with E-state index < -0.39 is 0 Å². The molecule has 4 heteroatoms. The van der Waals surface area contributed by atoms with Gasteiger partial charge in [0.05, 0.1) is 0 Å². The van der Waals surface area contributed by atoms with Crippen molar-refractivity contribution >= 4 is 21.9 Å². The number of para-hydroxylation sites is 1. The van der Waals surface area contributed by atoms with Crippen LogP contribution in [0.25, 0.3) is 101 Å². The molecule has 10 rings (SSSR count). The maximum Gasteiger partial charge on any atom is 0.164 e. The van der Waals surface area contributed by atoms with Gasteiger partial charge in [-0.3, -0.25) is 0 Å². The first-order valence-electron chi connectivity index (χ1n) is 18.4. The van der Waals surface area contributed by atoms with Crippen LogP contribution < -0.4 is 0 Å². The summed E-state index contributed by atoms with van der Waals surface area (Å²) in [5, 5.41) is 1.97. The largest absolute Gasteiger partial charge is 0.455 e. The minimum Gasteiger partial charge on any atom is -0.455 e. The molecule has 4 nitrogen and oxygen atoms in total. The van der Waals surface area contributed by atoms with Crippen molar-refractivity contribution in [3.05, 3.63) is 200 Å². The van der Waals surface area contributed by atoms with Crippen LogP contribution >= 0.6 is 0 Å². The zero-order valence-corrected chi connectivity index (χ0v) is 29.8. The second-order valence-corrected chi connectivity index (χ2v) is 13.6. The van der Waals surface area contributed by atoms with Gasteiger partial charge in [-0.05, 0) is 63.2 Å². The van der Waals surface area contributed by atoms with Crippen molar-refractivity contribution in [1.82, 2.24) is 15.0 Å². The van der Waals surface area contributed by atoms with Gasteiger partial charge in [-0.2, -0.15) is 0 Å². The monoisotopic (exact) mass is 703 g/mol. The maximum absolute atomic E-state index is 6.81. The van der Waals surface area contributed by atoms with Gasteiger partial charge in [0.25, 0.3) is 0 Å². The summed E-state index contributed by atoms with van der Waals surface area (Å²) in [5.41, 5.74) is 13.3. The molecule has 0 fully saturated rings. The van der Waals surface area contributed by atoms with Crippen LogP contribution in [-0.4, -0.2) is 15.0 Å². The molecule has 0 aliphatic rings. The van der Waals surface area contributed by atoms with Gasteiger partial charge in [0.2, 0.25) is 0 Å². The van der Waals surface area contributed by atoms with Gasteiger partial charge in [0, 0.05) is 33.0 Å². The van der Waals surface area contributed by atoms with Gasteiger partial charge in [0.15, 0.2) is 17.5 Å². The van der Waals surface area contributed by atoms with Gasteiger partial charge in [0.1, 0.15) is 11.2 Å². The number of hydrogen-bond acceptors (Lipinski definition) is 4. The maximum atomic E-state index is 6.81. The minimum absolute atomic E-state index is 0.590. The zero-order chi connectivity index (χ0) is 36.6. The lowest BCUT2D eigenvalue weighted by molar-refractivity contribution is 0.670. The predicted molar refractivity (Wildman–Crippen MR) is 225 cm³/mol. The predicted octanol–water partition coefficient (Wildman–Crippen LogP) is 13.4. The number of hydrogen-bond donors (Lipinski definition) is 0. The van der Waals surface area contributed by atoms with Crippen molar-refractivity contribution in [1.29, 1.82) is 0 Å². The fourth-order valence-electron chi connectivity index (χ4n) is 7.42. The van der Waals surface area contributed by atoms with E-state index >= 15 is 0 Å². The molecule has 8 aromatic carbocycles. The summed E-state index contributed by atoms with van der Waals surface area (Å²) in [4.78, 5) is 15.3. The van der Waals surface area contributed by atoms with Crippen molar-refractivity contribution in [2.75, 3.05) is 0 Å².